The summed E-state index contributed by atoms with van der Waals surface area (Å²) in [6, 6.07) is 0. The van der Waals surface area contributed by atoms with Crippen molar-refractivity contribution in [3.63, 3.8) is 0 Å². The van der Waals surface area contributed by atoms with E-state index in [4.69, 9.17) is 0 Å². The Kier molecular flexibility index (Phi) is 15.2. The van der Waals surface area contributed by atoms with Gasteiger partial charge in [-0.1, -0.05) is 0 Å². The maximum absolute atomic E-state index is 3.74. The van der Waals surface area contributed by atoms with Gasteiger partial charge in [-0.15, -0.1) is 22.7 Å². The third-order valence-corrected chi connectivity index (χ3v) is 1.74. The molecule has 0 spiro atoms. The summed E-state index contributed by atoms with van der Waals surface area (Å²) in [7, 11) is 0. The Morgan fingerprint density at radius 2 is 1.17 bits per heavy atom. The van der Waals surface area contributed by atoms with Crippen molar-refractivity contribution in [2.75, 3.05) is 0 Å². The monoisotopic (exact) mass is 410 g/mol. The summed E-state index contributed by atoms with van der Waals surface area (Å²) in [4.78, 5) is 7.48. The van der Waals surface area contributed by atoms with Gasteiger partial charge in [-0.25, -0.2) is 0 Å². The van der Waals surface area contributed by atoms with Gasteiger partial charge in [-0.3, -0.25) is 9.97 Å². The van der Waals surface area contributed by atoms with Gasteiger partial charge in [0, 0.05) is 71.0 Å². The Labute approximate surface area is 113 Å². The van der Waals surface area contributed by atoms with Crippen LogP contribution in [0.15, 0.2) is 34.2 Å². The van der Waals surface area contributed by atoms with E-state index in [9.17, 15) is 0 Å². The van der Waals surface area contributed by atoms with Gasteiger partial charge in [0.15, 0.2) is 0 Å². The van der Waals surface area contributed by atoms with Crippen LogP contribution >= 0.6 is 22.7 Å². The molecule has 0 unspecified atom stereocenters. The first kappa shape index (κ1) is 15.3. The zero-order valence-electron chi connectivity index (χ0n) is 6.18. The summed E-state index contributed by atoms with van der Waals surface area (Å²) in [5, 5.41) is 3.86. The van der Waals surface area contributed by atoms with Crippen LogP contribution in [0, 0.1) is 0 Å². The Balaban J connectivity index is 0. The largest absolute Gasteiger partial charge is 0.253 e. The van der Waals surface area contributed by atoms with Crippen molar-refractivity contribution in [2.24, 2.45) is 0 Å². The van der Waals surface area contributed by atoms with Crippen LogP contribution in [-0.4, -0.2) is 57.8 Å². The van der Waals surface area contributed by atoms with Crippen molar-refractivity contribution >= 4 is 70.5 Å². The van der Waals surface area contributed by atoms with Crippen LogP contribution in [0.25, 0.3) is 0 Å². The molecule has 60 valence electrons. The molecule has 0 saturated heterocycles. The molecule has 12 heavy (non-hydrogen) atoms. The SMILES string of the molecule is [Sn].[Sn].c1cscn1.c1cscn1. The van der Waals surface area contributed by atoms with Crippen LogP contribution in [0.3, 0.4) is 0 Å². The molecule has 2 aromatic rings. The standard InChI is InChI=1S/2C3H3NS.2Sn/c2*1-2-5-3-4-1;;/h2*1-3H;;. The van der Waals surface area contributed by atoms with E-state index in [2.05, 4.69) is 9.97 Å². The molecule has 0 N–H and O–H groups in total. The number of nitrogens with zero attached hydrogens (tertiary/aromatic N) is 2. The fourth-order valence-corrected chi connectivity index (χ4v) is 1.05. The zero-order valence-corrected chi connectivity index (χ0v) is 13.5. The average Bonchev–Trinajstić information content (AvgIpc) is 2.67. The molecule has 2 rings (SSSR count). The minimum Gasteiger partial charge on any atom is -0.253 e. The predicted molar refractivity (Wildman–Crippen MR) is 55.7 cm³/mol. The minimum atomic E-state index is 0. The van der Waals surface area contributed by atoms with Gasteiger partial charge in [0.05, 0.1) is 11.0 Å². The molecule has 2 heterocycles. The van der Waals surface area contributed by atoms with Gasteiger partial charge < -0.3 is 0 Å². The van der Waals surface area contributed by atoms with Crippen molar-refractivity contribution in [3.05, 3.63) is 34.2 Å². The molecule has 0 aliphatic heterocycles. The van der Waals surface area contributed by atoms with E-state index in [1.807, 2.05) is 10.8 Å². The number of thiazole rings is 2. The first-order valence-electron chi connectivity index (χ1n) is 2.64. The van der Waals surface area contributed by atoms with Gasteiger partial charge in [-0.05, 0) is 0 Å². The van der Waals surface area contributed by atoms with E-state index in [0.29, 0.717) is 0 Å². The van der Waals surface area contributed by atoms with Gasteiger partial charge in [0.2, 0.25) is 0 Å². The van der Waals surface area contributed by atoms with Crippen molar-refractivity contribution in [1.29, 1.82) is 0 Å². The summed E-state index contributed by atoms with van der Waals surface area (Å²) >= 11 is 3.20. The van der Waals surface area contributed by atoms with E-state index in [0.717, 1.165) is 0 Å². The van der Waals surface area contributed by atoms with Crippen LogP contribution in [0.4, 0.5) is 0 Å². The second kappa shape index (κ2) is 11.9. The molecule has 6 heteroatoms. The van der Waals surface area contributed by atoms with E-state index in [1.54, 1.807) is 46.1 Å². The molecule has 0 fully saturated rings. The van der Waals surface area contributed by atoms with Crippen LogP contribution in [-0.2, 0) is 0 Å². The van der Waals surface area contributed by atoms with E-state index >= 15 is 0 Å². The predicted octanol–water partition coefficient (Wildman–Crippen LogP) is 1.52. The van der Waals surface area contributed by atoms with Crippen LogP contribution < -0.4 is 0 Å². The first-order valence-corrected chi connectivity index (χ1v) is 4.53. The third-order valence-electron chi connectivity index (χ3n) is 0.694. The van der Waals surface area contributed by atoms with Gasteiger partial charge in [-0.2, -0.15) is 0 Å². The average molecular weight is 408 g/mol. The molecule has 0 saturated carbocycles. The molecule has 8 radical (unpaired) electrons. The zero-order chi connectivity index (χ0) is 7.07. The third kappa shape index (κ3) is 8.95. The van der Waals surface area contributed by atoms with Crippen molar-refractivity contribution in [3.8, 4) is 0 Å². The van der Waals surface area contributed by atoms with Crippen molar-refractivity contribution < 1.29 is 0 Å². The van der Waals surface area contributed by atoms with Crippen LogP contribution in [0.5, 0.6) is 0 Å². The second-order valence-corrected chi connectivity index (χ2v) is 2.86. The summed E-state index contributed by atoms with van der Waals surface area (Å²) in [5.74, 6) is 0. The van der Waals surface area contributed by atoms with E-state index in [1.165, 1.54) is 0 Å². The number of aromatic nitrogens is 2. The van der Waals surface area contributed by atoms with Crippen molar-refractivity contribution in [2.45, 2.75) is 0 Å². The topological polar surface area (TPSA) is 25.8 Å². The van der Waals surface area contributed by atoms with Gasteiger partial charge >= 0.3 is 0 Å². The molecule has 0 aliphatic carbocycles. The van der Waals surface area contributed by atoms with E-state index < -0.39 is 0 Å². The Bertz CT molecular complexity index is 161. The van der Waals surface area contributed by atoms with Gasteiger partial charge in [0.25, 0.3) is 0 Å². The molecule has 0 aliphatic rings. The molecule has 0 amide bonds. The minimum absolute atomic E-state index is 0. The Morgan fingerprint density at radius 3 is 1.25 bits per heavy atom. The number of hydrogen-bond donors (Lipinski definition) is 0. The fourth-order valence-electron chi connectivity index (χ4n) is 0.351. The molecular formula is C6H6N2S2Sn2. The second-order valence-electron chi connectivity index (χ2n) is 1.35. The first-order chi connectivity index (χ1) is 5.00. The normalized spacial score (nSPS) is 6.67. The van der Waals surface area contributed by atoms with E-state index in [-0.39, 0.29) is 47.8 Å². The quantitative estimate of drug-likeness (QED) is 0.619. The molecule has 2 aromatic heterocycles. The molecule has 0 bridgehead atoms. The van der Waals surface area contributed by atoms with Gasteiger partial charge in [0.1, 0.15) is 0 Å². The molecule has 0 atom stereocenters. The van der Waals surface area contributed by atoms with Crippen LogP contribution in [0.1, 0.15) is 0 Å². The summed E-state index contributed by atoms with van der Waals surface area (Å²) < 4.78 is 0. The Hall–Kier alpha value is 0.857. The number of rotatable bonds is 0. The summed E-state index contributed by atoms with van der Waals surface area (Å²) in [6.45, 7) is 0. The fraction of sp³-hybridized carbons (Fsp3) is 0. The Morgan fingerprint density at radius 1 is 0.750 bits per heavy atom. The maximum atomic E-state index is 3.74. The summed E-state index contributed by atoms with van der Waals surface area (Å²) in [5.41, 5.74) is 3.58. The molecular weight excluding hydrogens is 402 g/mol. The van der Waals surface area contributed by atoms with Crippen LogP contribution in [0.2, 0.25) is 0 Å². The maximum Gasteiger partial charge on any atom is 0.0791 e. The molecule has 2 nitrogen and oxygen atoms in total. The van der Waals surface area contributed by atoms with Crippen molar-refractivity contribution in [1.82, 2.24) is 9.97 Å². The summed E-state index contributed by atoms with van der Waals surface area (Å²) in [6.07, 6.45) is 3.54. The number of hydrogen-bond acceptors (Lipinski definition) is 4. The molecule has 0 aromatic carbocycles. The smallest absolute Gasteiger partial charge is 0.0791 e.